The summed E-state index contributed by atoms with van der Waals surface area (Å²) in [6.45, 7) is 5.91. The monoisotopic (exact) mass is 420 g/mol. The van der Waals surface area contributed by atoms with Gasteiger partial charge in [0, 0.05) is 49.8 Å². The van der Waals surface area contributed by atoms with Crippen LogP contribution in [0.15, 0.2) is 39.3 Å². The number of hydrogen-bond acceptors (Lipinski definition) is 5. The first-order chi connectivity index (χ1) is 12.5. The molecule has 1 aromatic heterocycles. The van der Waals surface area contributed by atoms with Gasteiger partial charge in [0.05, 0.1) is 5.56 Å². The van der Waals surface area contributed by atoms with Gasteiger partial charge >= 0.3 is 0 Å². The molecule has 1 saturated heterocycles. The van der Waals surface area contributed by atoms with Crippen molar-refractivity contribution in [1.82, 2.24) is 20.3 Å². The number of nitrogens with one attached hydrogen (secondary N) is 1. The summed E-state index contributed by atoms with van der Waals surface area (Å²) < 4.78 is 5.75. The highest BCUT2D eigenvalue weighted by atomic mass is 79.9. The van der Waals surface area contributed by atoms with Gasteiger partial charge in [-0.15, -0.1) is 0 Å². The van der Waals surface area contributed by atoms with E-state index in [0.717, 1.165) is 24.1 Å². The van der Waals surface area contributed by atoms with E-state index in [4.69, 9.17) is 4.52 Å². The number of hydrogen-bond donors (Lipinski definition) is 1. The Bertz CT molecular complexity index is 784. The molecule has 138 valence electrons. The molecule has 0 saturated carbocycles. The molecule has 0 radical (unpaired) electrons. The van der Waals surface area contributed by atoms with Crippen LogP contribution in [0.2, 0.25) is 0 Å². The van der Waals surface area contributed by atoms with Crippen LogP contribution in [-0.4, -0.2) is 66.0 Å². The van der Waals surface area contributed by atoms with Gasteiger partial charge < -0.3 is 14.7 Å². The van der Waals surface area contributed by atoms with Crippen molar-refractivity contribution in [1.29, 1.82) is 0 Å². The molecule has 7 nitrogen and oxygen atoms in total. The Balaban J connectivity index is 1.41. The van der Waals surface area contributed by atoms with E-state index in [0.29, 0.717) is 36.7 Å². The standard InChI is InChI=1S/C18H21BrN4O3/c1-13-12-16(21-26-13)18(25)23-10-8-22(9-11-23)7-6-20-17(24)14-4-2-3-5-15(14)19/h2-5,12H,6-11H2,1H3,(H,20,24). The zero-order valence-electron chi connectivity index (χ0n) is 14.6. The summed E-state index contributed by atoms with van der Waals surface area (Å²) in [5, 5.41) is 6.72. The third-order valence-corrected chi connectivity index (χ3v) is 5.03. The van der Waals surface area contributed by atoms with Crippen LogP contribution in [0.3, 0.4) is 0 Å². The first kappa shape index (κ1) is 18.6. The summed E-state index contributed by atoms with van der Waals surface area (Å²) in [5.74, 6) is 0.448. The lowest BCUT2D eigenvalue weighted by atomic mass is 10.2. The Kier molecular flexibility index (Phi) is 6.05. The molecule has 2 heterocycles. The molecule has 1 aromatic carbocycles. The van der Waals surface area contributed by atoms with Crippen LogP contribution < -0.4 is 5.32 Å². The van der Waals surface area contributed by atoms with Gasteiger partial charge in [0.2, 0.25) is 0 Å². The second-order valence-electron chi connectivity index (χ2n) is 6.19. The maximum atomic E-state index is 12.3. The zero-order chi connectivity index (χ0) is 18.5. The molecule has 26 heavy (non-hydrogen) atoms. The topological polar surface area (TPSA) is 78.7 Å². The van der Waals surface area contributed by atoms with Gasteiger partial charge in [0.15, 0.2) is 5.69 Å². The Morgan fingerprint density at radius 2 is 1.96 bits per heavy atom. The molecule has 2 aromatic rings. The van der Waals surface area contributed by atoms with Crippen molar-refractivity contribution < 1.29 is 14.1 Å². The average Bonchev–Trinajstić information content (AvgIpc) is 3.08. The largest absolute Gasteiger partial charge is 0.361 e. The normalized spacial score (nSPS) is 15.1. The molecule has 0 atom stereocenters. The van der Waals surface area contributed by atoms with E-state index >= 15 is 0 Å². The van der Waals surface area contributed by atoms with Crippen LogP contribution in [0.5, 0.6) is 0 Å². The number of aryl methyl sites for hydroxylation is 1. The van der Waals surface area contributed by atoms with Crippen molar-refractivity contribution in [3.8, 4) is 0 Å². The molecule has 1 N–H and O–H groups in total. The third-order valence-electron chi connectivity index (χ3n) is 4.34. The van der Waals surface area contributed by atoms with E-state index in [-0.39, 0.29) is 11.8 Å². The van der Waals surface area contributed by atoms with E-state index in [1.54, 1.807) is 24.0 Å². The molecular formula is C18H21BrN4O3. The van der Waals surface area contributed by atoms with Gasteiger partial charge in [0.25, 0.3) is 11.8 Å². The highest BCUT2D eigenvalue weighted by Gasteiger charge is 2.24. The van der Waals surface area contributed by atoms with Gasteiger partial charge in [-0.05, 0) is 35.0 Å². The molecule has 1 fully saturated rings. The molecule has 8 heteroatoms. The number of halogens is 1. The maximum Gasteiger partial charge on any atom is 0.276 e. The van der Waals surface area contributed by atoms with Crippen molar-refractivity contribution in [2.45, 2.75) is 6.92 Å². The molecule has 1 aliphatic heterocycles. The number of nitrogens with zero attached hydrogens (tertiary/aromatic N) is 3. The number of amides is 2. The summed E-state index contributed by atoms with van der Waals surface area (Å²) in [6, 6.07) is 9.01. The van der Waals surface area contributed by atoms with Crippen LogP contribution in [0.25, 0.3) is 0 Å². The molecule has 3 rings (SSSR count). The second-order valence-corrected chi connectivity index (χ2v) is 7.05. The molecule has 0 aliphatic carbocycles. The predicted octanol–water partition coefficient (Wildman–Crippen LogP) is 1.93. The van der Waals surface area contributed by atoms with Gasteiger partial charge in [-0.2, -0.15) is 0 Å². The second kappa shape index (κ2) is 8.46. The predicted molar refractivity (Wildman–Crippen MR) is 100 cm³/mol. The number of carbonyl (C=O) groups excluding carboxylic acids is 2. The van der Waals surface area contributed by atoms with Crippen LogP contribution in [0, 0.1) is 6.92 Å². The summed E-state index contributed by atoms with van der Waals surface area (Å²) in [4.78, 5) is 28.5. The molecular weight excluding hydrogens is 400 g/mol. The number of rotatable bonds is 5. The summed E-state index contributed by atoms with van der Waals surface area (Å²) in [5.41, 5.74) is 0.988. The minimum absolute atomic E-state index is 0.0901. The highest BCUT2D eigenvalue weighted by molar-refractivity contribution is 9.10. The fourth-order valence-electron chi connectivity index (χ4n) is 2.87. The zero-order valence-corrected chi connectivity index (χ0v) is 16.2. The molecule has 0 unspecified atom stereocenters. The summed E-state index contributed by atoms with van der Waals surface area (Å²) in [7, 11) is 0. The van der Waals surface area contributed by atoms with Gasteiger partial charge in [-0.1, -0.05) is 17.3 Å². The van der Waals surface area contributed by atoms with Gasteiger partial charge in [-0.3, -0.25) is 14.5 Å². The lowest BCUT2D eigenvalue weighted by molar-refractivity contribution is 0.0628. The lowest BCUT2D eigenvalue weighted by Crippen LogP contribution is -2.50. The van der Waals surface area contributed by atoms with Crippen LogP contribution in [-0.2, 0) is 0 Å². The van der Waals surface area contributed by atoms with Gasteiger partial charge in [0.1, 0.15) is 5.76 Å². The van der Waals surface area contributed by atoms with E-state index in [1.807, 2.05) is 18.2 Å². The first-order valence-electron chi connectivity index (χ1n) is 8.52. The van der Waals surface area contributed by atoms with E-state index in [9.17, 15) is 9.59 Å². The minimum Gasteiger partial charge on any atom is -0.361 e. The number of benzene rings is 1. The summed E-state index contributed by atoms with van der Waals surface area (Å²) in [6.07, 6.45) is 0. The van der Waals surface area contributed by atoms with Crippen molar-refractivity contribution in [3.05, 3.63) is 51.8 Å². The smallest absolute Gasteiger partial charge is 0.276 e. The highest BCUT2D eigenvalue weighted by Crippen LogP contribution is 2.15. The molecule has 2 amide bonds. The van der Waals surface area contributed by atoms with E-state index in [1.165, 1.54) is 0 Å². The Labute approximate surface area is 160 Å². The fraction of sp³-hybridized carbons (Fsp3) is 0.389. The van der Waals surface area contributed by atoms with Crippen LogP contribution in [0.4, 0.5) is 0 Å². The van der Waals surface area contributed by atoms with Crippen molar-refractivity contribution in [3.63, 3.8) is 0 Å². The van der Waals surface area contributed by atoms with Gasteiger partial charge in [-0.25, -0.2) is 0 Å². The van der Waals surface area contributed by atoms with Crippen LogP contribution >= 0.6 is 15.9 Å². The van der Waals surface area contributed by atoms with Crippen LogP contribution in [0.1, 0.15) is 26.6 Å². The van der Waals surface area contributed by atoms with E-state index < -0.39 is 0 Å². The quantitative estimate of drug-likeness (QED) is 0.799. The van der Waals surface area contributed by atoms with Crippen molar-refractivity contribution in [2.75, 3.05) is 39.3 Å². The molecule has 0 bridgehead atoms. The van der Waals surface area contributed by atoms with E-state index in [2.05, 4.69) is 31.3 Å². The Hall–Kier alpha value is -2.19. The fourth-order valence-corrected chi connectivity index (χ4v) is 3.34. The molecule has 0 spiro atoms. The Morgan fingerprint density at radius 3 is 2.62 bits per heavy atom. The number of aromatic nitrogens is 1. The Morgan fingerprint density at radius 1 is 1.23 bits per heavy atom. The first-order valence-corrected chi connectivity index (χ1v) is 9.31. The average molecular weight is 421 g/mol. The van der Waals surface area contributed by atoms with Crippen molar-refractivity contribution in [2.24, 2.45) is 0 Å². The SMILES string of the molecule is Cc1cc(C(=O)N2CCN(CCNC(=O)c3ccccc3Br)CC2)no1. The number of piperazine rings is 1. The molecule has 1 aliphatic rings. The lowest BCUT2D eigenvalue weighted by Gasteiger charge is -2.34. The maximum absolute atomic E-state index is 12.3. The summed E-state index contributed by atoms with van der Waals surface area (Å²) >= 11 is 3.39. The van der Waals surface area contributed by atoms with Crippen molar-refractivity contribution >= 4 is 27.7 Å². The third kappa shape index (κ3) is 4.50. The number of carbonyl (C=O) groups is 2. The minimum atomic E-state index is -0.0938.